The summed E-state index contributed by atoms with van der Waals surface area (Å²) in [4.78, 5) is 12.9. The summed E-state index contributed by atoms with van der Waals surface area (Å²) in [6.45, 7) is -0.00290. The lowest BCUT2D eigenvalue weighted by Gasteiger charge is -2.07. The number of carbonyl (C=O) groups is 1. The van der Waals surface area contributed by atoms with Crippen molar-refractivity contribution in [3.8, 4) is 6.07 Å². The molecule has 0 saturated carbocycles. The molecule has 1 fully saturated rings. The third-order valence-corrected chi connectivity index (χ3v) is 3.13. The van der Waals surface area contributed by atoms with Gasteiger partial charge in [-0.15, -0.1) is 0 Å². The van der Waals surface area contributed by atoms with Gasteiger partial charge >= 0.3 is 0 Å². The van der Waals surface area contributed by atoms with Crippen molar-refractivity contribution in [3.05, 3.63) is 11.1 Å². The van der Waals surface area contributed by atoms with Crippen LogP contribution in [0.4, 0.5) is 0 Å². The highest BCUT2D eigenvalue weighted by atomic mass is 32.2. The van der Waals surface area contributed by atoms with Gasteiger partial charge < -0.3 is 10.0 Å². The molecule has 1 amide bonds. The maximum absolute atomic E-state index is 11.4. The zero-order valence-electron chi connectivity index (χ0n) is 7.23. The predicted octanol–water partition coefficient (Wildman–Crippen LogP) is 0.308. The highest BCUT2D eigenvalue weighted by molar-refractivity contribution is 8.04. The molecule has 0 radical (unpaired) electrons. The molecule has 1 atom stereocenters. The van der Waals surface area contributed by atoms with Gasteiger partial charge in [0.2, 0.25) is 5.91 Å². The Balaban J connectivity index is 2.74. The van der Waals surface area contributed by atoms with Crippen molar-refractivity contribution in [2.24, 2.45) is 0 Å². The van der Waals surface area contributed by atoms with Crippen molar-refractivity contribution in [2.75, 3.05) is 13.7 Å². The van der Waals surface area contributed by atoms with E-state index >= 15 is 0 Å². The number of hydrogen-bond donors (Lipinski definition) is 1. The molecule has 1 rings (SSSR count). The molecule has 0 aromatic rings. The van der Waals surface area contributed by atoms with Crippen molar-refractivity contribution in [1.29, 1.82) is 5.26 Å². The van der Waals surface area contributed by atoms with Crippen LogP contribution in [0, 0.1) is 11.3 Å². The van der Waals surface area contributed by atoms with E-state index in [0.717, 1.165) is 0 Å². The lowest BCUT2D eigenvalue weighted by atomic mass is 10.3. The molecule has 1 heterocycles. The maximum atomic E-state index is 11.4. The molecule has 0 aliphatic carbocycles. The van der Waals surface area contributed by atoms with Crippen molar-refractivity contribution < 1.29 is 9.90 Å². The van der Waals surface area contributed by atoms with Crippen LogP contribution in [0.3, 0.4) is 0 Å². The van der Waals surface area contributed by atoms with Gasteiger partial charge in [0.05, 0.1) is 16.3 Å². The number of rotatable bonds is 2. The first-order valence-corrected chi connectivity index (χ1v) is 4.73. The summed E-state index contributed by atoms with van der Waals surface area (Å²) in [5.74, 6) is -0.0412. The number of allylic oxidation sites excluding steroid dienone is 1. The molecule has 0 aromatic heterocycles. The summed E-state index contributed by atoms with van der Waals surface area (Å²) in [6.07, 6.45) is 1.79. The monoisotopic (exact) mass is 198 g/mol. The SMILES string of the molecule is CN1C(=O)C(CCO)S/C1=C\C#N. The second-order valence-electron chi connectivity index (χ2n) is 2.63. The van der Waals surface area contributed by atoms with Crippen LogP contribution in [0.5, 0.6) is 0 Å². The van der Waals surface area contributed by atoms with E-state index in [2.05, 4.69) is 0 Å². The van der Waals surface area contributed by atoms with Gasteiger partial charge in [-0.1, -0.05) is 11.8 Å². The van der Waals surface area contributed by atoms with Gasteiger partial charge in [0.1, 0.15) is 0 Å². The summed E-state index contributed by atoms with van der Waals surface area (Å²) in [5, 5.41) is 17.5. The van der Waals surface area contributed by atoms with E-state index < -0.39 is 0 Å². The molecule has 4 nitrogen and oxygen atoms in total. The van der Waals surface area contributed by atoms with Gasteiger partial charge in [-0.05, 0) is 6.42 Å². The fourth-order valence-electron chi connectivity index (χ4n) is 1.09. The molecule has 1 N–H and O–H groups in total. The van der Waals surface area contributed by atoms with Gasteiger partial charge in [0.25, 0.3) is 0 Å². The lowest BCUT2D eigenvalue weighted by molar-refractivity contribution is -0.126. The first-order valence-electron chi connectivity index (χ1n) is 3.85. The third kappa shape index (κ3) is 2.02. The molecule has 0 spiro atoms. The Morgan fingerprint density at radius 1 is 1.85 bits per heavy atom. The van der Waals surface area contributed by atoms with Gasteiger partial charge in [0, 0.05) is 19.7 Å². The molecule has 13 heavy (non-hydrogen) atoms. The molecule has 1 aliphatic rings. The Morgan fingerprint density at radius 3 is 3.08 bits per heavy atom. The number of thioether (sulfide) groups is 1. The summed E-state index contributed by atoms with van der Waals surface area (Å²) in [5.41, 5.74) is 0. The topological polar surface area (TPSA) is 64.3 Å². The first-order chi connectivity index (χ1) is 6.20. The van der Waals surface area contributed by atoms with Crippen LogP contribution in [0.15, 0.2) is 11.1 Å². The van der Waals surface area contributed by atoms with Crippen molar-refractivity contribution in [1.82, 2.24) is 4.90 Å². The number of aliphatic hydroxyl groups excluding tert-OH is 1. The van der Waals surface area contributed by atoms with Gasteiger partial charge in [0.15, 0.2) is 0 Å². The average molecular weight is 198 g/mol. The average Bonchev–Trinajstić information content (AvgIpc) is 2.36. The second kappa shape index (κ2) is 4.30. The second-order valence-corrected chi connectivity index (χ2v) is 3.85. The van der Waals surface area contributed by atoms with E-state index in [4.69, 9.17) is 10.4 Å². The van der Waals surface area contributed by atoms with Crippen LogP contribution in [0.2, 0.25) is 0 Å². The minimum atomic E-state index is -0.227. The molecular formula is C8H10N2O2S. The summed E-state index contributed by atoms with van der Waals surface area (Å²) < 4.78 is 0. The number of aliphatic hydroxyl groups is 1. The Labute approximate surface area is 80.8 Å². The van der Waals surface area contributed by atoms with Crippen molar-refractivity contribution in [2.45, 2.75) is 11.7 Å². The van der Waals surface area contributed by atoms with Crippen LogP contribution >= 0.6 is 11.8 Å². The van der Waals surface area contributed by atoms with E-state index in [1.165, 1.54) is 22.7 Å². The fraction of sp³-hybridized carbons (Fsp3) is 0.500. The predicted molar refractivity (Wildman–Crippen MR) is 49.5 cm³/mol. The lowest BCUT2D eigenvalue weighted by Crippen LogP contribution is -2.25. The minimum absolute atomic E-state index is 0.00290. The fourth-order valence-corrected chi connectivity index (χ4v) is 2.23. The number of hydrogen-bond acceptors (Lipinski definition) is 4. The van der Waals surface area contributed by atoms with Crippen LogP contribution in [-0.2, 0) is 4.79 Å². The highest BCUT2D eigenvalue weighted by Crippen LogP contribution is 2.34. The van der Waals surface area contributed by atoms with E-state index in [-0.39, 0.29) is 17.8 Å². The molecule has 0 aromatic carbocycles. The Morgan fingerprint density at radius 2 is 2.54 bits per heavy atom. The van der Waals surface area contributed by atoms with Gasteiger partial charge in [-0.25, -0.2) is 0 Å². The number of amides is 1. The quantitative estimate of drug-likeness (QED) is 0.648. The molecule has 1 unspecified atom stereocenters. The van der Waals surface area contributed by atoms with E-state index in [1.807, 2.05) is 6.07 Å². The van der Waals surface area contributed by atoms with Crippen LogP contribution in [0.25, 0.3) is 0 Å². The molecule has 1 aliphatic heterocycles. The van der Waals surface area contributed by atoms with Crippen molar-refractivity contribution >= 4 is 17.7 Å². The molecule has 70 valence electrons. The third-order valence-electron chi connectivity index (χ3n) is 1.78. The van der Waals surface area contributed by atoms with E-state index in [9.17, 15) is 4.79 Å². The highest BCUT2D eigenvalue weighted by Gasteiger charge is 2.33. The molecular weight excluding hydrogens is 188 g/mol. The smallest absolute Gasteiger partial charge is 0.240 e. The summed E-state index contributed by atoms with van der Waals surface area (Å²) >= 11 is 1.33. The Bertz CT molecular complexity index is 282. The van der Waals surface area contributed by atoms with Crippen LogP contribution in [-0.4, -0.2) is 34.8 Å². The molecule has 0 bridgehead atoms. The Hall–Kier alpha value is -0.990. The number of nitriles is 1. The Kier molecular flexibility index (Phi) is 3.34. The van der Waals surface area contributed by atoms with Gasteiger partial charge in [-0.3, -0.25) is 4.79 Å². The summed E-state index contributed by atoms with van der Waals surface area (Å²) in [7, 11) is 1.63. The minimum Gasteiger partial charge on any atom is -0.396 e. The first kappa shape index (κ1) is 10.1. The van der Waals surface area contributed by atoms with Crippen LogP contribution in [0.1, 0.15) is 6.42 Å². The van der Waals surface area contributed by atoms with Crippen molar-refractivity contribution in [3.63, 3.8) is 0 Å². The van der Waals surface area contributed by atoms with Gasteiger partial charge in [-0.2, -0.15) is 5.26 Å². The van der Waals surface area contributed by atoms with E-state index in [0.29, 0.717) is 11.4 Å². The number of carbonyl (C=O) groups excluding carboxylic acids is 1. The number of nitrogens with zero attached hydrogens (tertiary/aromatic N) is 2. The summed E-state index contributed by atoms with van der Waals surface area (Å²) in [6, 6.07) is 1.88. The largest absolute Gasteiger partial charge is 0.396 e. The molecule has 1 saturated heterocycles. The standard InChI is InChI=1S/C8H10N2O2S/c1-10-7(2-4-9)13-6(3-5-11)8(10)12/h2,6,11H,3,5H2,1H3/b7-2-. The normalized spacial score (nSPS) is 25.3. The zero-order chi connectivity index (χ0) is 9.84. The molecule has 5 heteroatoms. The van der Waals surface area contributed by atoms with Crippen LogP contribution < -0.4 is 0 Å². The zero-order valence-corrected chi connectivity index (χ0v) is 8.04. The van der Waals surface area contributed by atoms with E-state index in [1.54, 1.807) is 7.05 Å². The maximum Gasteiger partial charge on any atom is 0.240 e.